The molecule has 0 aliphatic rings. The summed E-state index contributed by atoms with van der Waals surface area (Å²) in [5, 5.41) is 6.14. The van der Waals surface area contributed by atoms with Gasteiger partial charge in [-0.2, -0.15) is 9.78 Å². The quantitative estimate of drug-likeness (QED) is 0.168. The fourth-order valence-corrected chi connectivity index (χ4v) is 4.87. The zero-order chi connectivity index (χ0) is 27.5. The van der Waals surface area contributed by atoms with E-state index in [4.69, 9.17) is 49.3 Å². The fraction of sp³-hybridized carbons (Fsp3) is 0.0690. The predicted molar refractivity (Wildman–Crippen MR) is 161 cm³/mol. The summed E-state index contributed by atoms with van der Waals surface area (Å²) >= 11 is 22.3. The molecule has 0 aliphatic carbocycles. The molecule has 0 fully saturated rings. The van der Waals surface area contributed by atoms with Crippen LogP contribution in [0.1, 0.15) is 11.1 Å². The van der Waals surface area contributed by atoms with Crippen LogP contribution in [0.2, 0.25) is 15.1 Å². The highest BCUT2D eigenvalue weighted by Crippen LogP contribution is 2.42. The molecule has 0 atom stereocenters. The van der Waals surface area contributed by atoms with Gasteiger partial charge in [0.1, 0.15) is 11.6 Å². The number of ether oxygens (including phenoxy) is 2. The van der Waals surface area contributed by atoms with Gasteiger partial charge in [-0.1, -0.05) is 83.3 Å². The van der Waals surface area contributed by atoms with Crippen LogP contribution in [-0.4, -0.2) is 23.0 Å². The summed E-state index contributed by atoms with van der Waals surface area (Å²) in [6, 6.07) is 23.5. The standard InChI is InChI=1S/C29H19BrCl3N3O3/c1-38-24-14-19(25(30)26(33)27(24)39-16-17-11-12-21(31)22(32)13-17)15-34-36-28(18-7-3-2-4-8-18)35-23-10-6-5-9-20(23)29(36)37/h2-15H,16H2,1H3. The molecular weight excluding hydrogens is 625 g/mol. The van der Waals surface area contributed by atoms with Gasteiger partial charge in [-0.15, -0.1) is 0 Å². The third-order valence-corrected chi connectivity index (χ3v) is 8.02. The maximum atomic E-state index is 13.4. The van der Waals surface area contributed by atoms with E-state index in [0.29, 0.717) is 48.3 Å². The molecule has 0 spiro atoms. The fourth-order valence-electron chi connectivity index (χ4n) is 3.89. The second kappa shape index (κ2) is 11.8. The molecule has 5 aromatic rings. The summed E-state index contributed by atoms with van der Waals surface area (Å²) in [5.41, 5.74) is 2.41. The van der Waals surface area contributed by atoms with E-state index in [-0.39, 0.29) is 17.2 Å². The van der Waals surface area contributed by atoms with Gasteiger partial charge in [-0.3, -0.25) is 4.79 Å². The van der Waals surface area contributed by atoms with Gasteiger partial charge in [0, 0.05) is 15.6 Å². The minimum atomic E-state index is -0.300. The van der Waals surface area contributed by atoms with E-state index in [2.05, 4.69) is 21.0 Å². The highest BCUT2D eigenvalue weighted by Gasteiger charge is 2.18. The van der Waals surface area contributed by atoms with E-state index in [1.54, 1.807) is 36.4 Å². The average molecular weight is 644 g/mol. The van der Waals surface area contributed by atoms with Crippen LogP contribution in [0.4, 0.5) is 0 Å². The van der Waals surface area contributed by atoms with Crippen LogP contribution in [0.5, 0.6) is 11.5 Å². The summed E-state index contributed by atoms with van der Waals surface area (Å²) in [6.45, 7) is 0.186. The molecule has 0 saturated carbocycles. The van der Waals surface area contributed by atoms with Gasteiger partial charge in [0.05, 0.1) is 34.3 Å². The van der Waals surface area contributed by atoms with Crippen LogP contribution >= 0.6 is 50.7 Å². The summed E-state index contributed by atoms with van der Waals surface area (Å²) in [4.78, 5) is 18.2. The van der Waals surface area contributed by atoms with Crippen molar-refractivity contribution < 1.29 is 9.47 Å². The Morgan fingerprint density at radius 3 is 2.46 bits per heavy atom. The maximum absolute atomic E-state index is 13.4. The van der Waals surface area contributed by atoms with Gasteiger partial charge in [0.15, 0.2) is 17.3 Å². The lowest BCUT2D eigenvalue weighted by atomic mass is 10.2. The molecule has 39 heavy (non-hydrogen) atoms. The second-order valence-corrected chi connectivity index (χ2v) is 10.3. The number of methoxy groups -OCH3 is 1. The monoisotopic (exact) mass is 641 g/mol. The number of fused-ring (bicyclic) bond motifs is 1. The SMILES string of the molecule is COc1cc(C=Nn2c(-c3ccccc3)nc3ccccc3c2=O)c(Br)c(Cl)c1OCc1ccc(Cl)c(Cl)c1. The summed E-state index contributed by atoms with van der Waals surface area (Å²) in [6.07, 6.45) is 1.52. The Hall–Kier alpha value is -3.36. The van der Waals surface area contributed by atoms with E-state index in [9.17, 15) is 4.79 Å². The second-order valence-electron chi connectivity index (χ2n) is 8.34. The number of hydrogen-bond donors (Lipinski definition) is 0. The minimum absolute atomic E-state index is 0.186. The van der Waals surface area contributed by atoms with E-state index < -0.39 is 0 Å². The van der Waals surface area contributed by atoms with Gasteiger partial charge < -0.3 is 9.47 Å². The number of hydrogen-bond acceptors (Lipinski definition) is 5. The molecule has 6 nitrogen and oxygen atoms in total. The van der Waals surface area contributed by atoms with Crippen LogP contribution in [0, 0.1) is 0 Å². The lowest BCUT2D eigenvalue weighted by molar-refractivity contribution is 0.284. The number of nitrogens with zero attached hydrogens (tertiary/aromatic N) is 3. The Labute approximate surface area is 247 Å². The van der Waals surface area contributed by atoms with Gasteiger partial charge in [0.25, 0.3) is 5.56 Å². The summed E-state index contributed by atoms with van der Waals surface area (Å²) in [7, 11) is 1.51. The zero-order valence-electron chi connectivity index (χ0n) is 20.4. The molecule has 1 aromatic heterocycles. The molecule has 10 heteroatoms. The van der Waals surface area contributed by atoms with Crippen molar-refractivity contribution in [1.82, 2.24) is 9.66 Å². The molecule has 196 valence electrons. The minimum Gasteiger partial charge on any atom is -0.493 e. The molecule has 1 heterocycles. The topological polar surface area (TPSA) is 65.7 Å². The molecule has 4 aromatic carbocycles. The third-order valence-electron chi connectivity index (χ3n) is 5.84. The van der Waals surface area contributed by atoms with Crippen molar-refractivity contribution in [2.75, 3.05) is 7.11 Å². The molecule has 0 bridgehead atoms. The van der Waals surface area contributed by atoms with E-state index >= 15 is 0 Å². The van der Waals surface area contributed by atoms with Crippen molar-refractivity contribution in [2.24, 2.45) is 5.10 Å². The number of para-hydroxylation sites is 1. The Bertz CT molecular complexity index is 1780. The molecule has 0 unspecified atom stereocenters. The van der Waals surface area contributed by atoms with Gasteiger partial charge in [-0.05, 0) is 51.8 Å². The Balaban J connectivity index is 1.54. The molecule has 0 radical (unpaired) electrons. The van der Waals surface area contributed by atoms with Crippen LogP contribution in [0.25, 0.3) is 22.3 Å². The largest absolute Gasteiger partial charge is 0.493 e. The van der Waals surface area contributed by atoms with Crippen molar-refractivity contribution in [2.45, 2.75) is 6.61 Å². The van der Waals surface area contributed by atoms with Gasteiger partial charge in [-0.25, -0.2) is 4.98 Å². The Morgan fingerprint density at radius 1 is 0.974 bits per heavy atom. The number of aromatic nitrogens is 2. The average Bonchev–Trinajstić information content (AvgIpc) is 2.96. The van der Waals surface area contributed by atoms with Crippen molar-refractivity contribution in [1.29, 1.82) is 0 Å². The first-order chi connectivity index (χ1) is 18.9. The number of rotatable bonds is 7. The number of halogens is 4. The van der Waals surface area contributed by atoms with Crippen molar-refractivity contribution in [3.05, 3.63) is 120 Å². The van der Waals surface area contributed by atoms with Crippen molar-refractivity contribution in [3.8, 4) is 22.9 Å². The predicted octanol–water partition coefficient (Wildman–Crippen LogP) is 8.26. The normalized spacial score (nSPS) is 11.3. The van der Waals surface area contributed by atoms with Crippen molar-refractivity contribution in [3.63, 3.8) is 0 Å². The molecule has 0 amide bonds. The first-order valence-electron chi connectivity index (χ1n) is 11.6. The summed E-state index contributed by atoms with van der Waals surface area (Å²) < 4.78 is 13.3. The Morgan fingerprint density at radius 2 is 1.72 bits per heavy atom. The van der Waals surface area contributed by atoms with Crippen LogP contribution in [0.15, 0.2) is 93.2 Å². The zero-order valence-corrected chi connectivity index (χ0v) is 24.2. The van der Waals surface area contributed by atoms with Crippen LogP contribution in [-0.2, 0) is 6.61 Å². The van der Waals surface area contributed by atoms with E-state index in [0.717, 1.165) is 11.1 Å². The first-order valence-corrected chi connectivity index (χ1v) is 13.5. The van der Waals surface area contributed by atoms with E-state index in [1.807, 2.05) is 42.5 Å². The highest BCUT2D eigenvalue weighted by molar-refractivity contribution is 9.10. The number of benzene rings is 4. The molecule has 0 N–H and O–H groups in total. The van der Waals surface area contributed by atoms with Crippen molar-refractivity contribution >= 4 is 67.9 Å². The molecule has 5 rings (SSSR count). The lowest BCUT2D eigenvalue weighted by Gasteiger charge is -2.15. The van der Waals surface area contributed by atoms with Gasteiger partial charge in [0.2, 0.25) is 0 Å². The Kier molecular flexibility index (Phi) is 8.23. The molecule has 0 aliphatic heterocycles. The smallest absolute Gasteiger partial charge is 0.282 e. The summed E-state index contributed by atoms with van der Waals surface area (Å²) in [5.74, 6) is 1.13. The molecule has 0 saturated heterocycles. The maximum Gasteiger partial charge on any atom is 0.282 e. The third kappa shape index (κ3) is 5.68. The van der Waals surface area contributed by atoms with Crippen LogP contribution in [0.3, 0.4) is 0 Å². The van der Waals surface area contributed by atoms with Gasteiger partial charge >= 0.3 is 0 Å². The highest BCUT2D eigenvalue weighted by atomic mass is 79.9. The first kappa shape index (κ1) is 27.2. The molecular formula is C29H19BrCl3N3O3. The van der Waals surface area contributed by atoms with E-state index in [1.165, 1.54) is 18.0 Å². The lowest BCUT2D eigenvalue weighted by Crippen LogP contribution is -2.20. The van der Waals surface area contributed by atoms with Crippen LogP contribution < -0.4 is 15.0 Å².